The zero-order chi connectivity index (χ0) is 26.6. The quantitative estimate of drug-likeness (QED) is 0.243. The molecule has 0 spiro atoms. The summed E-state index contributed by atoms with van der Waals surface area (Å²) in [6, 6.07) is 3.04. The van der Waals surface area contributed by atoms with E-state index in [1.165, 1.54) is 30.9 Å². The van der Waals surface area contributed by atoms with Gasteiger partial charge in [0, 0.05) is 17.6 Å². The Kier molecular flexibility index (Phi) is 8.33. The summed E-state index contributed by atoms with van der Waals surface area (Å²) in [7, 11) is 2.83. The summed E-state index contributed by atoms with van der Waals surface area (Å²) in [6.45, 7) is 2.90. The third kappa shape index (κ3) is 5.50. The van der Waals surface area contributed by atoms with Crippen LogP contribution in [0.15, 0.2) is 18.2 Å². The van der Waals surface area contributed by atoms with Gasteiger partial charge in [-0.1, -0.05) is 6.07 Å². The molecule has 2 fully saturated rings. The highest BCUT2D eigenvalue weighted by Gasteiger charge is 2.64. The summed E-state index contributed by atoms with van der Waals surface area (Å²) in [5.74, 6) is -2.91. The molecule has 3 atom stereocenters. The molecule has 0 aromatic heterocycles. The minimum absolute atomic E-state index is 0.103. The Morgan fingerprint density at radius 1 is 1.08 bits per heavy atom. The van der Waals surface area contributed by atoms with Crippen molar-refractivity contribution in [3.05, 3.63) is 23.8 Å². The van der Waals surface area contributed by atoms with E-state index in [1.807, 2.05) is 0 Å². The Morgan fingerprint density at radius 3 is 2.31 bits per heavy atom. The number of carbonyl (C=O) groups is 5. The van der Waals surface area contributed by atoms with Gasteiger partial charge in [0.15, 0.2) is 0 Å². The SMILES string of the molecule is COc1cccc(OC)c1C(=O)N[C@@H]1C(=O)N2[C@@H]1SC(C)(C)[C@@H]2C(=O)OCOC(=O)CCCC(=O)O. The number of nitrogens with one attached hydrogen (secondary N) is 1. The molecule has 1 aromatic carbocycles. The number of carboxylic acids is 1. The number of thioether (sulfide) groups is 1. The van der Waals surface area contributed by atoms with Gasteiger partial charge in [0.2, 0.25) is 12.7 Å². The van der Waals surface area contributed by atoms with Gasteiger partial charge in [0.1, 0.15) is 34.5 Å². The lowest BCUT2D eigenvalue weighted by Crippen LogP contribution is -2.70. The number of carbonyl (C=O) groups excluding carboxylic acids is 4. The van der Waals surface area contributed by atoms with Crippen LogP contribution >= 0.6 is 11.8 Å². The molecule has 3 rings (SSSR count). The highest BCUT2D eigenvalue weighted by Crippen LogP contribution is 2.51. The molecule has 13 heteroatoms. The van der Waals surface area contributed by atoms with E-state index < -0.39 is 58.7 Å². The standard InChI is InChI=1S/C23H28N2O10S/c1-23(2)18(22(31)35-11-34-15(28)10-6-9-14(26)27)25-20(30)17(21(25)36-23)24-19(29)16-12(32-3)7-5-8-13(16)33-4/h5,7-8,17-18,21H,6,9-11H2,1-4H3,(H,24,29)(H,26,27)/t17-,18+,21-/m1/s1. The Morgan fingerprint density at radius 2 is 1.72 bits per heavy atom. The third-order valence-electron chi connectivity index (χ3n) is 5.80. The highest BCUT2D eigenvalue weighted by atomic mass is 32.2. The number of methoxy groups -OCH3 is 2. The zero-order valence-corrected chi connectivity index (χ0v) is 21.1. The molecule has 0 saturated carbocycles. The van der Waals surface area contributed by atoms with Crippen LogP contribution in [0.5, 0.6) is 11.5 Å². The second kappa shape index (κ2) is 11.1. The van der Waals surface area contributed by atoms with Gasteiger partial charge < -0.3 is 34.3 Å². The average molecular weight is 525 g/mol. The fourth-order valence-corrected chi connectivity index (χ4v) is 5.72. The third-order valence-corrected chi connectivity index (χ3v) is 7.37. The van der Waals surface area contributed by atoms with Crippen LogP contribution < -0.4 is 14.8 Å². The number of β-lactam (4-membered cyclic amide) rings is 1. The van der Waals surface area contributed by atoms with E-state index in [-0.39, 0.29) is 36.3 Å². The van der Waals surface area contributed by atoms with E-state index >= 15 is 0 Å². The maximum atomic E-state index is 13.0. The zero-order valence-electron chi connectivity index (χ0n) is 20.3. The molecule has 0 bridgehead atoms. The molecule has 2 N–H and O–H groups in total. The van der Waals surface area contributed by atoms with Crippen molar-refractivity contribution in [2.24, 2.45) is 0 Å². The maximum Gasteiger partial charge on any atom is 0.333 e. The Balaban J connectivity index is 1.61. The highest BCUT2D eigenvalue weighted by molar-refractivity contribution is 8.01. The summed E-state index contributed by atoms with van der Waals surface area (Å²) in [4.78, 5) is 62.3. The van der Waals surface area contributed by atoms with E-state index in [0.29, 0.717) is 0 Å². The summed E-state index contributed by atoms with van der Waals surface area (Å²) < 4.78 is 19.7. The van der Waals surface area contributed by atoms with E-state index in [4.69, 9.17) is 24.1 Å². The van der Waals surface area contributed by atoms with Gasteiger partial charge in [-0.2, -0.15) is 0 Å². The molecule has 0 radical (unpaired) electrons. The first-order valence-corrected chi connectivity index (χ1v) is 12.0. The van der Waals surface area contributed by atoms with Gasteiger partial charge in [-0.05, 0) is 32.4 Å². The number of amides is 2. The molecular formula is C23H28N2O10S. The van der Waals surface area contributed by atoms with Crippen molar-refractivity contribution in [3.63, 3.8) is 0 Å². The Labute approximate surface area is 211 Å². The second-order valence-electron chi connectivity index (χ2n) is 8.59. The van der Waals surface area contributed by atoms with E-state index in [2.05, 4.69) is 5.32 Å². The van der Waals surface area contributed by atoms with Crippen LogP contribution in [0.1, 0.15) is 43.5 Å². The summed E-state index contributed by atoms with van der Waals surface area (Å²) in [5.41, 5.74) is 0.150. The predicted octanol–water partition coefficient (Wildman–Crippen LogP) is 1.16. The number of hydrogen-bond donors (Lipinski definition) is 2. The fraction of sp³-hybridized carbons (Fsp3) is 0.522. The lowest BCUT2D eigenvalue weighted by molar-refractivity contribution is -0.176. The smallest absolute Gasteiger partial charge is 0.333 e. The number of rotatable bonds is 11. The van der Waals surface area contributed by atoms with E-state index in [1.54, 1.807) is 32.0 Å². The monoisotopic (exact) mass is 524 g/mol. The minimum Gasteiger partial charge on any atom is -0.496 e. The number of hydrogen-bond acceptors (Lipinski definition) is 10. The van der Waals surface area contributed by atoms with Crippen molar-refractivity contribution in [2.75, 3.05) is 21.0 Å². The average Bonchev–Trinajstić information content (AvgIpc) is 3.09. The van der Waals surface area contributed by atoms with Crippen LogP contribution in [0.2, 0.25) is 0 Å². The van der Waals surface area contributed by atoms with Crippen LogP contribution in [0.4, 0.5) is 0 Å². The van der Waals surface area contributed by atoms with Crippen molar-refractivity contribution in [1.29, 1.82) is 0 Å². The molecule has 0 unspecified atom stereocenters. The Bertz CT molecular complexity index is 1040. The summed E-state index contributed by atoms with van der Waals surface area (Å²) in [5, 5.41) is 10.8. The maximum absolute atomic E-state index is 13.0. The minimum atomic E-state index is -1.03. The van der Waals surface area contributed by atoms with Crippen LogP contribution in [-0.2, 0) is 28.7 Å². The number of carboxylic acid groups (broad SMARTS) is 1. The first kappa shape index (κ1) is 27.1. The Hall–Kier alpha value is -3.48. The number of fused-ring (bicyclic) bond motifs is 1. The molecule has 2 saturated heterocycles. The summed E-state index contributed by atoms with van der Waals surface area (Å²) >= 11 is 1.34. The van der Waals surface area contributed by atoms with Gasteiger partial charge in [-0.15, -0.1) is 11.8 Å². The first-order chi connectivity index (χ1) is 17.0. The molecule has 12 nitrogen and oxygen atoms in total. The van der Waals surface area contributed by atoms with E-state index in [9.17, 15) is 24.0 Å². The van der Waals surface area contributed by atoms with Gasteiger partial charge in [-0.25, -0.2) is 4.79 Å². The molecule has 196 valence electrons. The molecule has 2 amide bonds. The van der Waals surface area contributed by atoms with Crippen molar-refractivity contribution in [2.45, 2.75) is 55.3 Å². The number of ether oxygens (including phenoxy) is 4. The number of aliphatic carboxylic acids is 1. The topological polar surface area (TPSA) is 158 Å². The lowest BCUT2D eigenvalue weighted by Gasteiger charge is -2.43. The van der Waals surface area contributed by atoms with Crippen molar-refractivity contribution in [1.82, 2.24) is 10.2 Å². The van der Waals surface area contributed by atoms with Crippen LogP contribution in [0.3, 0.4) is 0 Å². The summed E-state index contributed by atoms with van der Waals surface area (Å²) in [6.07, 6.45) is -0.200. The lowest BCUT2D eigenvalue weighted by atomic mass is 9.95. The van der Waals surface area contributed by atoms with Crippen LogP contribution in [0, 0.1) is 0 Å². The predicted molar refractivity (Wildman–Crippen MR) is 125 cm³/mol. The molecule has 1 aromatic rings. The number of esters is 2. The molecule has 0 aliphatic carbocycles. The van der Waals surface area contributed by atoms with Crippen LogP contribution in [-0.4, -0.2) is 82.9 Å². The molecular weight excluding hydrogens is 496 g/mol. The first-order valence-electron chi connectivity index (χ1n) is 11.1. The normalized spacial score (nSPS) is 21.6. The van der Waals surface area contributed by atoms with Gasteiger partial charge in [-0.3, -0.25) is 19.2 Å². The van der Waals surface area contributed by atoms with Crippen LogP contribution in [0.25, 0.3) is 0 Å². The van der Waals surface area contributed by atoms with E-state index in [0.717, 1.165) is 0 Å². The molecule has 2 aliphatic heterocycles. The second-order valence-corrected chi connectivity index (χ2v) is 10.4. The van der Waals surface area contributed by atoms with Crippen molar-refractivity contribution < 1.29 is 48.0 Å². The molecule has 2 heterocycles. The van der Waals surface area contributed by atoms with Gasteiger partial charge in [0.05, 0.1) is 14.2 Å². The molecule has 2 aliphatic rings. The number of benzene rings is 1. The van der Waals surface area contributed by atoms with Crippen molar-refractivity contribution >= 4 is 41.5 Å². The fourth-order valence-electron chi connectivity index (χ4n) is 4.10. The number of nitrogens with zero attached hydrogens (tertiary/aromatic N) is 1. The molecule has 36 heavy (non-hydrogen) atoms. The van der Waals surface area contributed by atoms with Crippen molar-refractivity contribution in [3.8, 4) is 11.5 Å². The largest absolute Gasteiger partial charge is 0.496 e. The van der Waals surface area contributed by atoms with Gasteiger partial charge >= 0.3 is 17.9 Å². The van der Waals surface area contributed by atoms with Gasteiger partial charge in [0.25, 0.3) is 5.91 Å².